The van der Waals surface area contributed by atoms with Crippen LogP contribution < -0.4 is 5.32 Å². The first-order valence-electron chi connectivity index (χ1n) is 6.20. The molecule has 1 aromatic heterocycles. The number of furan rings is 1. The quantitative estimate of drug-likeness (QED) is 0.871. The van der Waals surface area contributed by atoms with Gasteiger partial charge in [-0.2, -0.15) is 0 Å². The van der Waals surface area contributed by atoms with Gasteiger partial charge in [0.1, 0.15) is 0 Å². The van der Waals surface area contributed by atoms with Crippen LogP contribution >= 0.6 is 0 Å². The Kier molecular flexibility index (Phi) is 3.84. The molecule has 0 atom stereocenters. The Hall–Kier alpha value is -1.29. The van der Waals surface area contributed by atoms with E-state index in [9.17, 15) is 4.79 Å². The van der Waals surface area contributed by atoms with Crippen molar-refractivity contribution in [1.82, 2.24) is 10.2 Å². The van der Waals surface area contributed by atoms with Gasteiger partial charge in [0.25, 0.3) is 5.91 Å². The van der Waals surface area contributed by atoms with Crippen LogP contribution in [0.2, 0.25) is 0 Å². The summed E-state index contributed by atoms with van der Waals surface area (Å²) >= 11 is 0. The normalized spacial score (nSPS) is 24.6. The molecule has 94 valence electrons. The fraction of sp³-hybridized carbons (Fsp3) is 0.615. The maximum Gasteiger partial charge on any atom is 0.289 e. The van der Waals surface area contributed by atoms with Crippen LogP contribution in [-0.4, -0.2) is 37.0 Å². The smallest absolute Gasteiger partial charge is 0.289 e. The van der Waals surface area contributed by atoms with Crippen LogP contribution in [-0.2, 0) is 0 Å². The van der Waals surface area contributed by atoms with E-state index in [0.29, 0.717) is 17.8 Å². The zero-order chi connectivity index (χ0) is 12.3. The summed E-state index contributed by atoms with van der Waals surface area (Å²) in [6, 6.07) is 4.42. The van der Waals surface area contributed by atoms with Crippen LogP contribution in [0.3, 0.4) is 0 Å². The lowest BCUT2D eigenvalue weighted by molar-refractivity contribution is 0.0654. The molecular formula is C13H20N2O2. The van der Waals surface area contributed by atoms with E-state index in [2.05, 4.69) is 5.32 Å². The molecule has 1 N–H and O–H groups in total. The van der Waals surface area contributed by atoms with Gasteiger partial charge in [0, 0.05) is 19.1 Å². The van der Waals surface area contributed by atoms with E-state index in [1.54, 1.807) is 18.4 Å². The van der Waals surface area contributed by atoms with E-state index in [-0.39, 0.29) is 5.91 Å². The molecule has 4 nitrogen and oxygen atoms in total. The summed E-state index contributed by atoms with van der Waals surface area (Å²) in [6.45, 7) is 0. The molecule has 0 aromatic carbocycles. The van der Waals surface area contributed by atoms with Gasteiger partial charge in [-0.15, -0.1) is 0 Å². The fourth-order valence-corrected chi connectivity index (χ4v) is 2.49. The molecule has 1 amide bonds. The summed E-state index contributed by atoms with van der Waals surface area (Å²) in [7, 11) is 3.87. The van der Waals surface area contributed by atoms with Crippen LogP contribution in [0, 0.1) is 0 Å². The average Bonchev–Trinajstić information content (AvgIpc) is 2.91. The standard InChI is InChI=1S/C13H20N2O2/c1-14-10-5-7-11(8-6-10)15(2)13(16)12-4-3-9-17-12/h3-4,9-11,14H,5-8H2,1-2H3. The molecule has 1 saturated carbocycles. The summed E-state index contributed by atoms with van der Waals surface area (Å²) < 4.78 is 5.15. The summed E-state index contributed by atoms with van der Waals surface area (Å²) in [5.41, 5.74) is 0. The number of hydrogen-bond acceptors (Lipinski definition) is 3. The van der Waals surface area contributed by atoms with Crippen molar-refractivity contribution < 1.29 is 9.21 Å². The second kappa shape index (κ2) is 5.36. The molecule has 1 fully saturated rings. The van der Waals surface area contributed by atoms with Crippen molar-refractivity contribution in [2.24, 2.45) is 0 Å². The third kappa shape index (κ3) is 2.69. The lowest BCUT2D eigenvalue weighted by Gasteiger charge is -2.34. The Labute approximate surface area is 102 Å². The van der Waals surface area contributed by atoms with Crippen molar-refractivity contribution >= 4 is 5.91 Å². The number of amides is 1. The minimum atomic E-state index is -0.0112. The molecule has 0 unspecified atom stereocenters. The van der Waals surface area contributed by atoms with Crippen LogP contribution in [0.5, 0.6) is 0 Å². The van der Waals surface area contributed by atoms with Gasteiger partial charge in [-0.05, 0) is 44.9 Å². The Morgan fingerprint density at radius 3 is 2.65 bits per heavy atom. The molecule has 0 radical (unpaired) electrons. The highest BCUT2D eigenvalue weighted by molar-refractivity contribution is 5.91. The first-order valence-corrected chi connectivity index (χ1v) is 6.20. The minimum Gasteiger partial charge on any atom is -0.459 e. The second-order valence-corrected chi connectivity index (χ2v) is 4.69. The SMILES string of the molecule is CNC1CCC(N(C)C(=O)c2ccco2)CC1. The molecule has 1 aliphatic rings. The largest absolute Gasteiger partial charge is 0.459 e. The third-order valence-corrected chi connectivity index (χ3v) is 3.70. The zero-order valence-corrected chi connectivity index (χ0v) is 10.5. The van der Waals surface area contributed by atoms with Crippen molar-refractivity contribution in [3.8, 4) is 0 Å². The topological polar surface area (TPSA) is 45.5 Å². The predicted octanol–water partition coefficient (Wildman–Crippen LogP) is 1.88. The molecule has 4 heteroatoms. The molecule has 1 aliphatic carbocycles. The van der Waals surface area contributed by atoms with E-state index in [1.165, 1.54) is 0 Å². The van der Waals surface area contributed by atoms with Gasteiger partial charge in [-0.3, -0.25) is 4.79 Å². The summed E-state index contributed by atoms with van der Waals surface area (Å²) in [5, 5.41) is 3.30. The zero-order valence-electron chi connectivity index (χ0n) is 10.5. The van der Waals surface area contributed by atoms with Gasteiger partial charge in [0.15, 0.2) is 5.76 Å². The number of nitrogens with one attached hydrogen (secondary N) is 1. The number of carbonyl (C=O) groups excluding carboxylic acids is 1. The summed E-state index contributed by atoms with van der Waals surface area (Å²) in [4.78, 5) is 13.9. The first-order chi connectivity index (χ1) is 8.22. The minimum absolute atomic E-state index is 0.0112. The lowest BCUT2D eigenvalue weighted by atomic mass is 9.90. The Balaban J connectivity index is 1.92. The second-order valence-electron chi connectivity index (χ2n) is 4.69. The Bertz CT molecular complexity index is 354. The number of nitrogens with zero attached hydrogens (tertiary/aromatic N) is 1. The molecule has 0 bridgehead atoms. The van der Waals surface area contributed by atoms with Crippen LogP contribution in [0.4, 0.5) is 0 Å². The van der Waals surface area contributed by atoms with E-state index < -0.39 is 0 Å². The molecular weight excluding hydrogens is 216 g/mol. The Morgan fingerprint density at radius 2 is 2.12 bits per heavy atom. The molecule has 1 aromatic rings. The van der Waals surface area contributed by atoms with Crippen molar-refractivity contribution in [3.05, 3.63) is 24.2 Å². The van der Waals surface area contributed by atoms with E-state index in [4.69, 9.17) is 4.42 Å². The summed E-state index contributed by atoms with van der Waals surface area (Å²) in [5.74, 6) is 0.422. The van der Waals surface area contributed by atoms with Gasteiger partial charge in [0.2, 0.25) is 0 Å². The number of rotatable bonds is 3. The molecule has 0 spiro atoms. The molecule has 0 saturated heterocycles. The third-order valence-electron chi connectivity index (χ3n) is 3.70. The van der Waals surface area contributed by atoms with E-state index in [1.807, 2.05) is 19.0 Å². The molecule has 0 aliphatic heterocycles. The fourth-order valence-electron chi connectivity index (χ4n) is 2.49. The molecule has 1 heterocycles. The highest BCUT2D eigenvalue weighted by atomic mass is 16.3. The first kappa shape index (κ1) is 12.2. The number of hydrogen-bond donors (Lipinski definition) is 1. The molecule has 2 rings (SSSR count). The van der Waals surface area contributed by atoms with Crippen molar-refractivity contribution in [1.29, 1.82) is 0 Å². The van der Waals surface area contributed by atoms with Gasteiger partial charge in [-0.25, -0.2) is 0 Å². The predicted molar refractivity (Wildman–Crippen MR) is 65.9 cm³/mol. The van der Waals surface area contributed by atoms with Crippen molar-refractivity contribution in [2.45, 2.75) is 37.8 Å². The summed E-state index contributed by atoms with van der Waals surface area (Å²) in [6.07, 6.45) is 5.94. The van der Waals surface area contributed by atoms with Crippen molar-refractivity contribution in [2.75, 3.05) is 14.1 Å². The molecule has 17 heavy (non-hydrogen) atoms. The Morgan fingerprint density at radius 1 is 1.41 bits per heavy atom. The van der Waals surface area contributed by atoms with Gasteiger partial charge in [0.05, 0.1) is 6.26 Å². The highest BCUT2D eigenvalue weighted by Gasteiger charge is 2.27. The van der Waals surface area contributed by atoms with Gasteiger partial charge < -0.3 is 14.6 Å². The lowest BCUT2D eigenvalue weighted by Crippen LogP contribution is -2.42. The van der Waals surface area contributed by atoms with Crippen LogP contribution in [0.1, 0.15) is 36.2 Å². The maximum absolute atomic E-state index is 12.1. The number of carbonyl (C=O) groups is 1. The van der Waals surface area contributed by atoms with Crippen molar-refractivity contribution in [3.63, 3.8) is 0 Å². The maximum atomic E-state index is 12.1. The van der Waals surface area contributed by atoms with Crippen LogP contribution in [0.25, 0.3) is 0 Å². The van der Waals surface area contributed by atoms with E-state index >= 15 is 0 Å². The van der Waals surface area contributed by atoms with E-state index in [0.717, 1.165) is 25.7 Å². The van der Waals surface area contributed by atoms with Crippen LogP contribution in [0.15, 0.2) is 22.8 Å². The van der Waals surface area contributed by atoms with Gasteiger partial charge >= 0.3 is 0 Å². The van der Waals surface area contributed by atoms with Gasteiger partial charge in [-0.1, -0.05) is 0 Å². The average molecular weight is 236 g/mol. The monoisotopic (exact) mass is 236 g/mol. The highest BCUT2D eigenvalue weighted by Crippen LogP contribution is 2.23.